The van der Waals surface area contributed by atoms with Crippen molar-refractivity contribution in [1.82, 2.24) is 0 Å². The van der Waals surface area contributed by atoms with Crippen LogP contribution in [0.2, 0.25) is 0 Å². The average molecular weight is 644 g/mol. The van der Waals surface area contributed by atoms with Gasteiger partial charge in [-0.1, -0.05) is 141 Å². The van der Waals surface area contributed by atoms with Gasteiger partial charge in [-0.05, 0) is 123 Å². The van der Waals surface area contributed by atoms with Crippen molar-refractivity contribution in [3.05, 3.63) is 186 Å². The zero-order valence-corrected chi connectivity index (χ0v) is 28.9. The molecule has 2 aliphatic rings. The molecular formula is C49H41N. The number of fused-ring (bicyclic) bond motifs is 4. The molecule has 0 unspecified atom stereocenters. The summed E-state index contributed by atoms with van der Waals surface area (Å²) in [6, 6.07) is 60.6. The first-order valence-electron chi connectivity index (χ1n) is 18.1. The Hall–Kier alpha value is -5.66. The molecule has 0 fully saturated rings. The molecule has 1 heteroatoms. The molecule has 1 nitrogen and oxygen atoms in total. The normalized spacial score (nSPS) is 14.0. The number of hydrogen-bond acceptors (Lipinski definition) is 1. The van der Waals surface area contributed by atoms with Crippen LogP contribution in [0.15, 0.2) is 164 Å². The zero-order chi connectivity index (χ0) is 33.7. The average Bonchev–Trinajstić information content (AvgIpc) is 3.41. The fourth-order valence-electron chi connectivity index (χ4n) is 8.46. The van der Waals surface area contributed by atoms with Gasteiger partial charge in [-0.2, -0.15) is 0 Å². The SMILES string of the molecule is CC1(C)c2ccccc2-c2cc(-c3cccc4c3CCCC4)c(N(c3ccccc3)c3ccc(-c4ccc(-c5ccccc5)cc4)cc3)cc21. The molecule has 0 aromatic heterocycles. The molecule has 0 aliphatic heterocycles. The third-order valence-corrected chi connectivity index (χ3v) is 11.1. The monoisotopic (exact) mass is 643 g/mol. The van der Waals surface area contributed by atoms with Gasteiger partial charge in [0.1, 0.15) is 0 Å². The minimum atomic E-state index is -0.104. The molecule has 0 N–H and O–H groups in total. The minimum absolute atomic E-state index is 0.104. The van der Waals surface area contributed by atoms with Gasteiger partial charge in [0.2, 0.25) is 0 Å². The van der Waals surface area contributed by atoms with Gasteiger partial charge in [-0.3, -0.25) is 0 Å². The van der Waals surface area contributed by atoms with E-state index in [9.17, 15) is 0 Å². The number of anilines is 3. The van der Waals surface area contributed by atoms with Gasteiger partial charge < -0.3 is 4.90 Å². The lowest BCUT2D eigenvalue weighted by Gasteiger charge is -2.31. The van der Waals surface area contributed by atoms with Crippen LogP contribution in [-0.4, -0.2) is 0 Å². The number of nitrogens with zero attached hydrogens (tertiary/aromatic N) is 1. The van der Waals surface area contributed by atoms with Crippen LogP contribution in [0.3, 0.4) is 0 Å². The van der Waals surface area contributed by atoms with Gasteiger partial charge in [-0.25, -0.2) is 0 Å². The predicted molar refractivity (Wildman–Crippen MR) is 212 cm³/mol. The molecule has 0 heterocycles. The maximum Gasteiger partial charge on any atom is 0.0543 e. The van der Waals surface area contributed by atoms with E-state index in [0.717, 1.165) is 24.2 Å². The molecule has 0 saturated carbocycles. The molecule has 7 aromatic rings. The van der Waals surface area contributed by atoms with Crippen LogP contribution < -0.4 is 4.90 Å². The third kappa shape index (κ3) is 5.17. The summed E-state index contributed by atoms with van der Waals surface area (Å²) in [5, 5.41) is 0. The van der Waals surface area contributed by atoms with E-state index in [2.05, 4.69) is 183 Å². The second-order valence-corrected chi connectivity index (χ2v) is 14.4. The van der Waals surface area contributed by atoms with E-state index in [1.807, 2.05) is 0 Å². The summed E-state index contributed by atoms with van der Waals surface area (Å²) in [4.78, 5) is 2.49. The Balaban J connectivity index is 1.21. The van der Waals surface area contributed by atoms with E-state index < -0.39 is 0 Å². The molecule has 0 radical (unpaired) electrons. The number of benzene rings is 7. The van der Waals surface area contributed by atoms with Crippen LogP contribution in [-0.2, 0) is 18.3 Å². The first-order valence-corrected chi connectivity index (χ1v) is 18.1. The zero-order valence-electron chi connectivity index (χ0n) is 28.9. The maximum absolute atomic E-state index is 2.51. The first-order chi connectivity index (χ1) is 24.6. The van der Waals surface area contributed by atoms with Gasteiger partial charge >= 0.3 is 0 Å². The van der Waals surface area contributed by atoms with E-state index >= 15 is 0 Å². The summed E-state index contributed by atoms with van der Waals surface area (Å²) >= 11 is 0. The van der Waals surface area contributed by atoms with Gasteiger partial charge in [-0.15, -0.1) is 0 Å². The summed E-state index contributed by atoms with van der Waals surface area (Å²) in [6.45, 7) is 4.77. The highest BCUT2D eigenvalue weighted by atomic mass is 15.1. The number of para-hydroxylation sites is 1. The summed E-state index contributed by atoms with van der Waals surface area (Å²) in [5.41, 5.74) is 19.6. The molecule has 0 saturated heterocycles. The molecule has 0 bridgehead atoms. The fraction of sp³-hybridized carbons (Fsp3) is 0.143. The largest absolute Gasteiger partial charge is 0.310 e. The predicted octanol–water partition coefficient (Wildman–Crippen LogP) is 13.3. The molecule has 7 aromatic carbocycles. The number of rotatable bonds is 6. The highest BCUT2D eigenvalue weighted by molar-refractivity contribution is 5.95. The maximum atomic E-state index is 2.51. The standard InChI is InChI=1S/C49H41N/c1-49(2)46-23-12-11-21-43(46)44-32-45(42-22-13-17-38-16-9-10-20-41(38)42)48(33-47(44)49)50(39-18-7-4-8-19-39)40-30-28-37(29-31-40)36-26-24-35(25-27-36)34-14-5-3-6-15-34/h3-8,11-15,17-19,21-33H,9-10,16,20H2,1-2H3. The Morgan fingerprint density at radius 1 is 0.420 bits per heavy atom. The van der Waals surface area contributed by atoms with Gasteiger partial charge in [0.05, 0.1) is 5.69 Å². The van der Waals surface area contributed by atoms with E-state index in [0.29, 0.717) is 0 Å². The smallest absolute Gasteiger partial charge is 0.0543 e. The van der Waals surface area contributed by atoms with Crippen LogP contribution in [0.25, 0.3) is 44.5 Å². The van der Waals surface area contributed by atoms with Crippen LogP contribution in [0.1, 0.15) is 48.9 Å². The Labute approximate surface area is 296 Å². The third-order valence-electron chi connectivity index (χ3n) is 11.1. The van der Waals surface area contributed by atoms with Crippen molar-refractivity contribution in [3.63, 3.8) is 0 Å². The Morgan fingerprint density at radius 3 is 1.70 bits per heavy atom. The Kier molecular flexibility index (Phi) is 7.50. The van der Waals surface area contributed by atoms with Crippen molar-refractivity contribution < 1.29 is 0 Å². The van der Waals surface area contributed by atoms with E-state index in [4.69, 9.17) is 0 Å². The molecule has 9 rings (SSSR count). The summed E-state index contributed by atoms with van der Waals surface area (Å²) in [5.74, 6) is 0. The minimum Gasteiger partial charge on any atom is -0.310 e. The molecular weight excluding hydrogens is 603 g/mol. The van der Waals surface area contributed by atoms with Crippen molar-refractivity contribution >= 4 is 17.1 Å². The van der Waals surface area contributed by atoms with Crippen LogP contribution >= 0.6 is 0 Å². The van der Waals surface area contributed by atoms with Crippen LogP contribution in [0.5, 0.6) is 0 Å². The summed E-state index contributed by atoms with van der Waals surface area (Å²) < 4.78 is 0. The van der Waals surface area contributed by atoms with E-state index in [-0.39, 0.29) is 5.41 Å². The molecule has 242 valence electrons. The lowest BCUT2D eigenvalue weighted by atomic mass is 9.80. The number of aryl methyl sites for hydroxylation is 1. The molecule has 2 aliphatic carbocycles. The topological polar surface area (TPSA) is 3.24 Å². The van der Waals surface area contributed by atoms with Gasteiger partial charge in [0.15, 0.2) is 0 Å². The second-order valence-electron chi connectivity index (χ2n) is 14.4. The van der Waals surface area contributed by atoms with Crippen LogP contribution in [0, 0.1) is 0 Å². The highest BCUT2D eigenvalue weighted by Gasteiger charge is 2.37. The molecule has 0 atom stereocenters. The number of hydrogen-bond donors (Lipinski definition) is 0. The van der Waals surface area contributed by atoms with Crippen molar-refractivity contribution in [2.24, 2.45) is 0 Å². The Morgan fingerprint density at radius 2 is 0.980 bits per heavy atom. The summed E-state index contributed by atoms with van der Waals surface area (Å²) in [6.07, 6.45) is 4.81. The molecule has 0 amide bonds. The first kappa shape index (κ1) is 30.4. The van der Waals surface area contributed by atoms with Crippen molar-refractivity contribution in [2.45, 2.75) is 44.9 Å². The fourth-order valence-corrected chi connectivity index (χ4v) is 8.46. The van der Waals surface area contributed by atoms with Gasteiger partial charge in [0, 0.05) is 22.4 Å². The van der Waals surface area contributed by atoms with Crippen molar-refractivity contribution in [1.29, 1.82) is 0 Å². The molecule has 50 heavy (non-hydrogen) atoms. The lowest BCUT2D eigenvalue weighted by molar-refractivity contribution is 0.660. The van der Waals surface area contributed by atoms with Gasteiger partial charge in [0.25, 0.3) is 0 Å². The van der Waals surface area contributed by atoms with E-state index in [1.165, 1.54) is 85.3 Å². The van der Waals surface area contributed by atoms with Crippen LogP contribution in [0.4, 0.5) is 17.1 Å². The quantitative estimate of drug-likeness (QED) is 0.174. The lowest BCUT2D eigenvalue weighted by Crippen LogP contribution is -2.17. The Bertz CT molecular complexity index is 2310. The van der Waals surface area contributed by atoms with E-state index in [1.54, 1.807) is 0 Å². The molecule has 0 spiro atoms. The van der Waals surface area contributed by atoms with Crippen molar-refractivity contribution in [3.8, 4) is 44.5 Å². The second kappa shape index (κ2) is 12.3. The van der Waals surface area contributed by atoms with Crippen molar-refractivity contribution in [2.75, 3.05) is 4.90 Å². The highest BCUT2D eigenvalue weighted by Crippen LogP contribution is 2.54. The summed E-state index contributed by atoms with van der Waals surface area (Å²) in [7, 11) is 0.